The Hall–Kier alpha value is -4.64. The largest absolute Gasteiger partial charge is 0.462 e. The van der Waals surface area contributed by atoms with Gasteiger partial charge in [0.2, 0.25) is 0 Å². The minimum absolute atomic E-state index is 0.0327. The van der Waals surface area contributed by atoms with E-state index in [0.717, 1.165) is 34.0 Å². The highest BCUT2D eigenvalue weighted by molar-refractivity contribution is 5.99. The molecule has 0 aliphatic rings. The van der Waals surface area contributed by atoms with Gasteiger partial charge in [0.05, 0.1) is 18.2 Å². The smallest absolute Gasteiger partial charge is 0.338 e. The molecule has 4 aromatic carbocycles. The first-order valence-electron chi connectivity index (χ1n) is 14.2. The van der Waals surface area contributed by atoms with Crippen molar-refractivity contribution in [2.45, 2.75) is 46.7 Å². The van der Waals surface area contributed by atoms with E-state index >= 15 is 0 Å². The number of carbonyl (C=O) groups excluding carboxylic acids is 2. The van der Waals surface area contributed by atoms with E-state index in [9.17, 15) is 9.59 Å². The number of amides is 1. The topological polar surface area (TPSA) is 60.3 Å². The summed E-state index contributed by atoms with van der Waals surface area (Å²) < 4.78 is 7.45. The third-order valence-corrected chi connectivity index (χ3v) is 7.87. The molecule has 1 amide bonds. The fourth-order valence-electron chi connectivity index (χ4n) is 5.45. The number of aryl methyl sites for hydroxylation is 1. The maximum Gasteiger partial charge on any atom is 0.338 e. The van der Waals surface area contributed by atoms with E-state index in [4.69, 9.17) is 4.74 Å². The van der Waals surface area contributed by atoms with Crippen molar-refractivity contribution >= 4 is 22.8 Å². The molecule has 1 atom stereocenters. The molecule has 0 saturated heterocycles. The summed E-state index contributed by atoms with van der Waals surface area (Å²) in [6.45, 7) is 9.18. The van der Waals surface area contributed by atoms with Crippen molar-refractivity contribution in [3.05, 3.63) is 131 Å². The first kappa shape index (κ1) is 27.9. The molecular weight excluding hydrogens is 508 g/mol. The van der Waals surface area contributed by atoms with Gasteiger partial charge in [-0.15, -0.1) is 0 Å². The van der Waals surface area contributed by atoms with Crippen LogP contribution < -0.4 is 5.32 Å². The Kier molecular flexibility index (Phi) is 8.34. The van der Waals surface area contributed by atoms with Gasteiger partial charge in [-0.2, -0.15) is 0 Å². The number of fused-ring (bicyclic) bond motifs is 1. The first-order valence-corrected chi connectivity index (χ1v) is 14.2. The number of benzene rings is 4. The van der Waals surface area contributed by atoms with Gasteiger partial charge in [0.1, 0.15) is 0 Å². The van der Waals surface area contributed by atoms with Crippen molar-refractivity contribution in [1.82, 2.24) is 9.88 Å². The molecule has 0 spiro atoms. The summed E-state index contributed by atoms with van der Waals surface area (Å²) in [5, 5.41) is 4.30. The molecule has 0 fully saturated rings. The molecule has 5 rings (SSSR count). The molecular formula is C36H36N2O3. The van der Waals surface area contributed by atoms with Gasteiger partial charge in [-0.3, -0.25) is 4.79 Å². The third-order valence-electron chi connectivity index (χ3n) is 7.87. The lowest BCUT2D eigenvalue weighted by Crippen LogP contribution is -2.28. The summed E-state index contributed by atoms with van der Waals surface area (Å²) in [6.07, 6.45) is 0.817. The second kappa shape index (κ2) is 12.3. The van der Waals surface area contributed by atoms with Crippen molar-refractivity contribution in [2.24, 2.45) is 0 Å². The Morgan fingerprint density at radius 3 is 2.22 bits per heavy atom. The molecule has 5 aromatic rings. The molecule has 0 bridgehead atoms. The molecule has 208 valence electrons. The number of ether oxygens (including phenoxy) is 1. The van der Waals surface area contributed by atoms with Crippen molar-refractivity contribution in [2.75, 3.05) is 6.61 Å². The van der Waals surface area contributed by atoms with Crippen LogP contribution in [0.4, 0.5) is 0 Å². The highest BCUT2D eigenvalue weighted by atomic mass is 16.5. The van der Waals surface area contributed by atoms with Crippen LogP contribution in [0.5, 0.6) is 0 Å². The number of esters is 1. The number of hydrogen-bond acceptors (Lipinski definition) is 3. The second-order valence-electron chi connectivity index (χ2n) is 10.3. The van der Waals surface area contributed by atoms with E-state index in [1.165, 1.54) is 16.8 Å². The van der Waals surface area contributed by atoms with Gasteiger partial charge in [-0.1, -0.05) is 73.7 Å². The minimum Gasteiger partial charge on any atom is -0.462 e. The zero-order valence-corrected chi connectivity index (χ0v) is 24.1. The number of hydrogen-bond donors (Lipinski definition) is 1. The van der Waals surface area contributed by atoms with Crippen LogP contribution in [0.1, 0.15) is 69.4 Å². The molecule has 0 aliphatic heterocycles. The summed E-state index contributed by atoms with van der Waals surface area (Å²) >= 11 is 0. The quantitative estimate of drug-likeness (QED) is 0.191. The van der Waals surface area contributed by atoms with Crippen LogP contribution in [0.3, 0.4) is 0 Å². The SMILES string of the molecule is CCOC(=O)c1ccc(-c2ccccc2Cn2c(C)c(C)c3cc(C(=O)NC(CC)c4ccccc4)ccc32)cc1. The monoisotopic (exact) mass is 544 g/mol. The van der Waals surface area contributed by atoms with E-state index in [1.807, 2.05) is 60.7 Å². The standard InChI is InChI=1S/C36H36N2O3/c1-5-33(27-12-8-7-9-13-27)37-35(39)29-20-21-34-32(22-29)24(3)25(4)38(34)23-30-14-10-11-15-31(30)26-16-18-28(19-17-26)36(40)41-6-2/h7-22,33H,5-6,23H2,1-4H3,(H,37,39). The summed E-state index contributed by atoms with van der Waals surface area (Å²) in [5.41, 5.74) is 9.08. The Morgan fingerprint density at radius 1 is 0.829 bits per heavy atom. The van der Waals surface area contributed by atoms with E-state index in [1.54, 1.807) is 6.92 Å². The molecule has 5 heteroatoms. The van der Waals surface area contributed by atoms with Crippen LogP contribution in [0.2, 0.25) is 0 Å². The average molecular weight is 545 g/mol. The first-order chi connectivity index (χ1) is 19.9. The van der Waals surface area contributed by atoms with E-state index < -0.39 is 0 Å². The Bertz CT molecular complexity index is 1680. The maximum atomic E-state index is 13.3. The molecule has 1 aromatic heterocycles. The van der Waals surface area contributed by atoms with E-state index in [-0.39, 0.29) is 17.9 Å². The van der Waals surface area contributed by atoms with Crippen molar-refractivity contribution < 1.29 is 14.3 Å². The zero-order chi connectivity index (χ0) is 28.9. The minimum atomic E-state index is -0.310. The van der Waals surface area contributed by atoms with Crippen LogP contribution in [-0.4, -0.2) is 23.1 Å². The molecule has 0 saturated carbocycles. The number of carbonyl (C=O) groups is 2. The summed E-state index contributed by atoms with van der Waals surface area (Å²) in [5.74, 6) is -0.375. The molecule has 0 aliphatic carbocycles. The van der Waals surface area contributed by atoms with E-state index in [0.29, 0.717) is 24.3 Å². The number of aromatic nitrogens is 1. The predicted molar refractivity (Wildman–Crippen MR) is 165 cm³/mol. The van der Waals surface area contributed by atoms with Crippen LogP contribution >= 0.6 is 0 Å². The highest BCUT2D eigenvalue weighted by Gasteiger charge is 2.18. The zero-order valence-electron chi connectivity index (χ0n) is 24.1. The molecule has 0 radical (unpaired) electrons. The number of rotatable bonds is 9. The Balaban J connectivity index is 1.43. The van der Waals surface area contributed by atoms with Gasteiger partial charge in [0.25, 0.3) is 5.91 Å². The van der Waals surface area contributed by atoms with Gasteiger partial charge in [0.15, 0.2) is 0 Å². The van der Waals surface area contributed by atoms with Crippen molar-refractivity contribution in [3.63, 3.8) is 0 Å². The maximum absolute atomic E-state index is 13.3. The lowest BCUT2D eigenvalue weighted by atomic mass is 9.98. The normalized spacial score (nSPS) is 11.8. The van der Waals surface area contributed by atoms with Gasteiger partial charge < -0.3 is 14.6 Å². The second-order valence-corrected chi connectivity index (χ2v) is 10.3. The van der Waals surface area contributed by atoms with Crippen LogP contribution in [0.25, 0.3) is 22.0 Å². The molecule has 1 heterocycles. The third kappa shape index (κ3) is 5.80. The fourth-order valence-corrected chi connectivity index (χ4v) is 5.45. The summed E-state index contributed by atoms with van der Waals surface area (Å²) in [4.78, 5) is 25.4. The summed E-state index contributed by atoms with van der Waals surface area (Å²) in [6, 6.07) is 32.0. The Morgan fingerprint density at radius 2 is 1.51 bits per heavy atom. The average Bonchev–Trinajstić information content (AvgIpc) is 3.24. The fraction of sp³-hybridized carbons (Fsp3) is 0.222. The van der Waals surface area contributed by atoms with Gasteiger partial charge in [-0.05, 0) is 85.3 Å². The molecule has 1 N–H and O–H groups in total. The van der Waals surface area contributed by atoms with Gasteiger partial charge in [0, 0.05) is 28.7 Å². The van der Waals surface area contributed by atoms with E-state index in [2.05, 4.69) is 67.1 Å². The highest BCUT2D eigenvalue weighted by Crippen LogP contribution is 2.31. The number of nitrogens with one attached hydrogen (secondary N) is 1. The lowest BCUT2D eigenvalue weighted by Gasteiger charge is -2.17. The predicted octanol–water partition coefficient (Wildman–Crippen LogP) is 8.03. The molecule has 1 unspecified atom stereocenters. The summed E-state index contributed by atoms with van der Waals surface area (Å²) in [7, 11) is 0. The Labute approximate surface area is 241 Å². The van der Waals surface area contributed by atoms with Crippen LogP contribution in [-0.2, 0) is 11.3 Å². The van der Waals surface area contributed by atoms with Crippen molar-refractivity contribution in [1.29, 1.82) is 0 Å². The van der Waals surface area contributed by atoms with Gasteiger partial charge in [-0.25, -0.2) is 4.79 Å². The van der Waals surface area contributed by atoms with Crippen LogP contribution in [0, 0.1) is 13.8 Å². The van der Waals surface area contributed by atoms with Gasteiger partial charge >= 0.3 is 5.97 Å². The van der Waals surface area contributed by atoms with Crippen LogP contribution in [0.15, 0.2) is 97.1 Å². The van der Waals surface area contributed by atoms with Crippen molar-refractivity contribution in [3.8, 4) is 11.1 Å². The molecule has 5 nitrogen and oxygen atoms in total. The lowest BCUT2D eigenvalue weighted by molar-refractivity contribution is 0.0526. The number of nitrogens with zero attached hydrogens (tertiary/aromatic N) is 1. The molecule has 41 heavy (non-hydrogen) atoms.